The van der Waals surface area contributed by atoms with Gasteiger partial charge in [0.1, 0.15) is 5.78 Å². The van der Waals surface area contributed by atoms with Crippen LogP contribution in [0.4, 0.5) is 0 Å². The van der Waals surface area contributed by atoms with Gasteiger partial charge in [0, 0.05) is 25.4 Å². The molecule has 0 aromatic rings. The summed E-state index contributed by atoms with van der Waals surface area (Å²) in [4.78, 5) is 12.6. The van der Waals surface area contributed by atoms with Crippen molar-refractivity contribution < 1.29 is 13.6 Å². The largest absolute Gasteiger partial charge is 0.416 e. The third-order valence-corrected chi connectivity index (χ3v) is 16.6. The molecule has 0 amide bonds. The summed E-state index contributed by atoms with van der Waals surface area (Å²) in [6, 6.07) is 0. The second-order valence-corrected chi connectivity index (χ2v) is 21.6. The van der Waals surface area contributed by atoms with E-state index in [1.807, 2.05) is 0 Å². The van der Waals surface area contributed by atoms with Gasteiger partial charge in [0.2, 0.25) is 0 Å². The molecule has 0 spiro atoms. The van der Waals surface area contributed by atoms with Crippen molar-refractivity contribution >= 4 is 22.4 Å². The minimum Gasteiger partial charge on any atom is -0.416 e. The fourth-order valence-electron chi connectivity index (χ4n) is 3.44. The first-order valence-electron chi connectivity index (χ1n) is 11.4. The lowest BCUT2D eigenvalue weighted by Crippen LogP contribution is -2.51. The number of carbonyl (C=O) groups excluding carboxylic acids is 1. The number of hydrogen-bond acceptors (Lipinski definition) is 3. The van der Waals surface area contributed by atoms with Crippen molar-refractivity contribution in [3.8, 4) is 0 Å². The molecule has 0 aliphatic heterocycles. The zero-order chi connectivity index (χ0) is 22.0. The summed E-state index contributed by atoms with van der Waals surface area (Å²) in [6.45, 7) is 26.0. The number of ketones is 1. The van der Waals surface area contributed by atoms with E-state index in [-0.39, 0.29) is 16.2 Å². The highest BCUT2D eigenvalue weighted by Crippen LogP contribution is 2.43. The Kier molecular flexibility index (Phi) is 8.79. The molecule has 166 valence electrons. The summed E-state index contributed by atoms with van der Waals surface area (Å²) < 4.78 is 13.5. The van der Waals surface area contributed by atoms with Gasteiger partial charge in [-0.3, -0.25) is 4.79 Å². The minimum absolute atomic E-state index is 0.0220. The number of unbranched alkanes of at least 4 members (excludes halogenated alkanes) is 1. The molecule has 28 heavy (non-hydrogen) atoms. The smallest absolute Gasteiger partial charge is 0.192 e. The SMILES string of the molecule is CCCC[C@H]1CC(=O)C[C@H](O[Si](C)(C)C(C)(C)C)[C@@H]1CO[Si](C)(C)C(C)(C)C. The Balaban J connectivity index is 3.08. The number of rotatable bonds is 8. The predicted octanol–water partition coefficient (Wildman–Crippen LogP) is 7.18. The summed E-state index contributed by atoms with van der Waals surface area (Å²) in [5, 5.41) is 0.351. The molecule has 1 saturated carbocycles. The molecule has 0 aromatic heterocycles. The standard InChI is InChI=1S/C23H48O3Si2/c1-12-13-14-18-15-19(24)16-21(26-28(10,11)23(5,6)7)20(18)17-25-27(8,9)22(2,3)4/h18,20-21H,12-17H2,1-11H3/t18-,20+,21-/m0/s1. The van der Waals surface area contributed by atoms with Crippen LogP contribution in [0.3, 0.4) is 0 Å². The first-order chi connectivity index (χ1) is 12.5. The van der Waals surface area contributed by atoms with Gasteiger partial charge in [-0.2, -0.15) is 0 Å². The maximum absolute atomic E-state index is 12.6. The molecule has 5 heteroatoms. The Morgan fingerprint density at radius 3 is 1.93 bits per heavy atom. The van der Waals surface area contributed by atoms with Gasteiger partial charge in [-0.25, -0.2) is 0 Å². The molecule has 1 aliphatic carbocycles. The highest BCUT2D eigenvalue weighted by molar-refractivity contribution is 6.74. The van der Waals surface area contributed by atoms with E-state index in [1.54, 1.807) is 0 Å². The van der Waals surface area contributed by atoms with Crippen molar-refractivity contribution in [2.45, 2.75) is 123 Å². The van der Waals surface area contributed by atoms with E-state index in [4.69, 9.17) is 8.85 Å². The number of hydrogen-bond donors (Lipinski definition) is 0. The zero-order valence-electron chi connectivity index (χ0n) is 20.7. The van der Waals surface area contributed by atoms with Crippen molar-refractivity contribution in [1.29, 1.82) is 0 Å². The van der Waals surface area contributed by atoms with Gasteiger partial charge < -0.3 is 8.85 Å². The van der Waals surface area contributed by atoms with Gasteiger partial charge in [-0.15, -0.1) is 0 Å². The maximum atomic E-state index is 12.6. The number of Topliss-reactive ketones (excluding diaryl/α,β-unsaturated/α-hetero) is 1. The van der Waals surface area contributed by atoms with E-state index in [2.05, 4.69) is 74.7 Å². The van der Waals surface area contributed by atoms with Crippen molar-refractivity contribution in [3.05, 3.63) is 0 Å². The second kappa shape index (κ2) is 9.44. The van der Waals surface area contributed by atoms with Crippen LogP contribution in [-0.2, 0) is 13.6 Å². The van der Waals surface area contributed by atoms with Crippen molar-refractivity contribution in [1.82, 2.24) is 0 Å². The third-order valence-electron chi connectivity index (χ3n) is 7.63. The molecule has 0 heterocycles. The van der Waals surface area contributed by atoms with Crippen LogP contribution in [0.1, 0.15) is 80.6 Å². The van der Waals surface area contributed by atoms with E-state index in [0.29, 0.717) is 30.5 Å². The zero-order valence-corrected chi connectivity index (χ0v) is 22.7. The van der Waals surface area contributed by atoms with Crippen LogP contribution in [0.5, 0.6) is 0 Å². The molecule has 3 nitrogen and oxygen atoms in total. The van der Waals surface area contributed by atoms with E-state index < -0.39 is 16.6 Å². The van der Waals surface area contributed by atoms with Crippen LogP contribution in [-0.4, -0.2) is 35.1 Å². The first-order valence-corrected chi connectivity index (χ1v) is 17.2. The molecule has 0 unspecified atom stereocenters. The Morgan fingerprint density at radius 1 is 0.929 bits per heavy atom. The molecule has 0 aromatic carbocycles. The van der Waals surface area contributed by atoms with Crippen LogP contribution in [0.2, 0.25) is 36.3 Å². The average molecular weight is 429 g/mol. The normalized spacial score (nSPS) is 25.2. The molecule has 0 saturated heterocycles. The molecule has 1 fully saturated rings. The second-order valence-electron chi connectivity index (χ2n) is 12.0. The summed E-state index contributed by atoms with van der Waals surface area (Å²) in [7, 11) is -3.75. The fraction of sp³-hybridized carbons (Fsp3) is 0.957. The summed E-state index contributed by atoms with van der Waals surface area (Å²) in [6.07, 6.45) is 4.78. The lowest BCUT2D eigenvalue weighted by Gasteiger charge is -2.46. The third kappa shape index (κ3) is 6.78. The van der Waals surface area contributed by atoms with Crippen molar-refractivity contribution in [2.24, 2.45) is 11.8 Å². The molecule has 0 N–H and O–H groups in total. The van der Waals surface area contributed by atoms with Gasteiger partial charge in [-0.05, 0) is 48.6 Å². The highest BCUT2D eigenvalue weighted by Gasteiger charge is 2.46. The van der Waals surface area contributed by atoms with Crippen molar-refractivity contribution in [2.75, 3.05) is 6.61 Å². The van der Waals surface area contributed by atoms with E-state index >= 15 is 0 Å². The lowest BCUT2D eigenvalue weighted by atomic mass is 9.75. The molecular formula is C23H48O3Si2. The van der Waals surface area contributed by atoms with E-state index in [1.165, 1.54) is 12.8 Å². The molecule has 1 rings (SSSR count). The van der Waals surface area contributed by atoms with Gasteiger partial charge in [0.15, 0.2) is 16.6 Å². The van der Waals surface area contributed by atoms with E-state index in [0.717, 1.165) is 13.0 Å². The van der Waals surface area contributed by atoms with Crippen LogP contribution in [0.25, 0.3) is 0 Å². The Hall–Kier alpha value is 0.0238. The molecular weight excluding hydrogens is 380 g/mol. The van der Waals surface area contributed by atoms with Gasteiger partial charge in [0.25, 0.3) is 0 Å². The summed E-state index contributed by atoms with van der Waals surface area (Å²) in [5.74, 6) is 1.13. The van der Waals surface area contributed by atoms with E-state index in [9.17, 15) is 4.79 Å². The molecule has 0 bridgehead atoms. The maximum Gasteiger partial charge on any atom is 0.192 e. The van der Waals surface area contributed by atoms with Crippen molar-refractivity contribution in [3.63, 3.8) is 0 Å². The molecule has 3 atom stereocenters. The minimum atomic E-state index is -1.93. The quantitative estimate of drug-likeness (QED) is 0.384. The molecule has 1 aliphatic rings. The summed E-state index contributed by atoms with van der Waals surface area (Å²) >= 11 is 0. The molecule has 0 radical (unpaired) electrons. The predicted molar refractivity (Wildman–Crippen MR) is 126 cm³/mol. The topological polar surface area (TPSA) is 35.5 Å². The van der Waals surface area contributed by atoms with Gasteiger partial charge >= 0.3 is 0 Å². The van der Waals surface area contributed by atoms with Crippen LogP contribution in [0.15, 0.2) is 0 Å². The van der Waals surface area contributed by atoms with Gasteiger partial charge in [-0.1, -0.05) is 61.3 Å². The van der Waals surface area contributed by atoms with Crippen LogP contribution < -0.4 is 0 Å². The Morgan fingerprint density at radius 2 is 1.46 bits per heavy atom. The van der Waals surface area contributed by atoms with Gasteiger partial charge in [0.05, 0.1) is 6.10 Å². The monoisotopic (exact) mass is 428 g/mol. The fourth-order valence-corrected chi connectivity index (χ4v) is 5.85. The first kappa shape index (κ1) is 26.1. The van der Waals surface area contributed by atoms with Crippen LogP contribution in [0, 0.1) is 11.8 Å². The highest BCUT2D eigenvalue weighted by atomic mass is 28.4. The Labute approximate surface area is 177 Å². The Bertz CT molecular complexity index is 515. The average Bonchev–Trinajstić information content (AvgIpc) is 2.49. The summed E-state index contributed by atoms with van der Waals surface area (Å²) in [5.41, 5.74) is 0. The lowest BCUT2D eigenvalue weighted by molar-refractivity contribution is -0.128. The number of carbonyl (C=O) groups is 1. The van der Waals surface area contributed by atoms with Crippen LogP contribution >= 0.6 is 0 Å².